The molecule has 2 atom stereocenters. The van der Waals surface area contributed by atoms with Gasteiger partial charge in [0.15, 0.2) is 0 Å². The maximum Gasteiger partial charge on any atom is 0.410 e. The highest BCUT2D eigenvalue weighted by atomic mass is 32.1. The van der Waals surface area contributed by atoms with Crippen molar-refractivity contribution < 1.29 is 33.3 Å². The fraction of sp³-hybridized carbons (Fsp3) is 0.364. The maximum absolute atomic E-state index is 14.5. The lowest BCUT2D eigenvalue weighted by Crippen LogP contribution is -2.45. The lowest BCUT2D eigenvalue weighted by atomic mass is 10.0. The van der Waals surface area contributed by atoms with Crippen LogP contribution in [0.1, 0.15) is 33.0 Å². The zero-order valence-electron chi connectivity index (χ0n) is 16.6. The summed E-state index contributed by atoms with van der Waals surface area (Å²) in [4.78, 5) is 25.7. The van der Waals surface area contributed by atoms with Crippen molar-refractivity contribution in [2.24, 2.45) is 0 Å². The fourth-order valence-electron chi connectivity index (χ4n) is 3.33. The number of ether oxygens (including phenoxy) is 1. The number of cyclic esters (lactones) is 1. The predicted octanol–water partition coefficient (Wildman–Crippen LogP) is 4.30. The molecule has 3 rings (SSSR count). The number of alkyl halides is 2. The van der Waals surface area contributed by atoms with E-state index in [4.69, 9.17) is 9.84 Å². The van der Waals surface area contributed by atoms with E-state index in [9.17, 15) is 23.5 Å². The van der Waals surface area contributed by atoms with Gasteiger partial charge in [-0.15, -0.1) is 11.3 Å². The van der Waals surface area contributed by atoms with Gasteiger partial charge in [0, 0.05) is 23.4 Å². The Hall–Kier alpha value is -2.78. The Morgan fingerprint density at radius 1 is 1.29 bits per heavy atom. The molecule has 2 N–H and O–H groups in total. The molecule has 0 bridgehead atoms. The number of benzene rings is 1. The number of carbonyl (C=O) groups is 2. The first-order valence-electron chi connectivity index (χ1n) is 9.84. The Morgan fingerprint density at radius 3 is 2.71 bits per heavy atom. The summed E-state index contributed by atoms with van der Waals surface area (Å²) in [6.45, 7) is 0.488. The van der Waals surface area contributed by atoms with Gasteiger partial charge in [0.05, 0.1) is 12.6 Å². The molecule has 1 aliphatic rings. The van der Waals surface area contributed by atoms with Crippen LogP contribution in [0.3, 0.4) is 0 Å². The van der Waals surface area contributed by atoms with Crippen LogP contribution >= 0.6 is 11.3 Å². The number of amides is 1. The van der Waals surface area contributed by atoms with Gasteiger partial charge in [-0.1, -0.05) is 42.5 Å². The van der Waals surface area contributed by atoms with Crippen molar-refractivity contribution >= 4 is 23.4 Å². The summed E-state index contributed by atoms with van der Waals surface area (Å²) >= 11 is 1.18. The van der Waals surface area contributed by atoms with Crippen LogP contribution in [-0.4, -0.2) is 52.5 Å². The zero-order chi connectivity index (χ0) is 22.4. The summed E-state index contributed by atoms with van der Waals surface area (Å²) in [7, 11) is 0. The molecule has 6 nitrogen and oxygen atoms in total. The number of aliphatic hydroxyl groups excluding tert-OH is 1. The van der Waals surface area contributed by atoms with Crippen LogP contribution in [0.4, 0.5) is 13.6 Å². The molecule has 1 aromatic carbocycles. The Balaban J connectivity index is 1.61. The number of nitrogens with zero attached hydrogens (tertiary/aromatic N) is 1. The standard InChI is InChI=1S/C22H23F2NO5S/c23-22(24,15-5-2-1-3-6-15)19(26)11-8-16-12-14-30-21(29)25(16)13-4-7-17-9-10-18(31-17)20(27)28/h1-3,5-6,8-11,16,19,26H,4,7,12-14H2,(H,27,28). The van der Waals surface area contributed by atoms with E-state index < -0.39 is 30.1 Å². The van der Waals surface area contributed by atoms with Gasteiger partial charge in [0.25, 0.3) is 0 Å². The molecule has 31 heavy (non-hydrogen) atoms. The molecule has 2 heterocycles. The van der Waals surface area contributed by atoms with Crippen LogP contribution in [0, 0.1) is 0 Å². The van der Waals surface area contributed by atoms with Gasteiger partial charge in [-0.05, 0) is 25.0 Å². The highest BCUT2D eigenvalue weighted by Gasteiger charge is 2.39. The Morgan fingerprint density at radius 2 is 2.03 bits per heavy atom. The van der Waals surface area contributed by atoms with E-state index in [1.807, 2.05) is 0 Å². The second kappa shape index (κ2) is 10.0. The average molecular weight is 451 g/mol. The highest BCUT2D eigenvalue weighted by molar-refractivity contribution is 7.13. The van der Waals surface area contributed by atoms with Crippen LogP contribution in [0.5, 0.6) is 0 Å². The first-order valence-corrected chi connectivity index (χ1v) is 10.7. The summed E-state index contributed by atoms with van der Waals surface area (Å²) in [6, 6.07) is 9.88. The number of aromatic carboxylic acids is 1. The maximum atomic E-state index is 14.5. The molecule has 1 aromatic heterocycles. The van der Waals surface area contributed by atoms with Crippen molar-refractivity contribution in [3.8, 4) is 0 Å². The van der Waals surface area contributed by atoms with Gasteiger partial charge in [-0.25, -0.2) is 9.59 Å². The second-order valence-corrected chi connectivity index (χ2v) is 8.33. The molecule has 0 saturated carbocycles. The molecule has 0 radical (unpaired) electrons. The van der Waals surface area contributed by atoms with Crippen LogP contribution in [0.15, 0.2) is 54.6 Å². The van der Waals surface area contributed by atoms with E-state index in [1.54, 1.807) is 12.1 Å². The number of thiophene rings is 1. The smallest absolute Gasteiger partial charge is 0.410 e. The van der Waals surface area contributed by atoms with Gasteiger partial charge in [0.1, 0.15) is 11.0 Å². The summed E-state index contributed by atoms with van der Waals surface area (Å²) in [5.41, 5.74) is -0.288. The number of carboxylic acid groups (broad SMARTS) is 1. The van der Waals surface area contributed by atoms with E-state index in [1.165, 1.54) is 52.6 Å². The van der Waals surface area contributed by atoms with E-state index in [-0.39, 0.29) is 17.0 Å². The molecular formula is C22H23F2NO5S. The van der Waals surface area contributed by atoms with Gasteiger partial charge in [-0.3, -0.25) is 0 Å². The summed E-state index contributed by atoms with van der Waals surface area (Å²) in [5, 5.41) is 19.1. The lowest BCUT2D eigenvalue weighted by Gasteiger charge is -2.33. The fourth-order valence-corrected chi connectivity index (χ4v) is 4.22. The SMILES string of the molecule is O=C(O)c1ccc(CCCN2C(=O)OCCC2C=CC(O)C(F)(F)c2ccccc2)s1. The third-order valence-corrected chi connectivity index (χ3v) is 6.15. The van der Waals surface area contributed by atoms with E-state index in [0.717, 1.165) is 11.0 Å². The monoisotopic (exact) mass is 451 g/mol. The number of hydrogen-bond acceptors (Lipinski definition) is 5. The molecule has 9 heteroatoms. The van der Waals surface area contributed by atoms with Crippen LogP contribution in [0.2, 0.25) is 0 Å². The summed E-state index contributed by atoms with van der Waals surface area (Å²) in [5.74, 6) is -4.44. The molecule has 166 valence electrons. The van der Waals surface area contributed by atoms with Gasteiger partial charge >= 0.3 is 18.0 Å². The van der Waals surface area contributed by atoms with Crippen molar-refractivity contribution in [1.82, 2.24) is 4.90 Å². The Kier molecular flexibility index (Phi) is 7.40. The minimum atomic E-state index is -3.46. The third kappa shape index (κ3) is 5.68. The molecule has 1 fully saturated rings. The first-order chi connectivity index (χ1) is 14.8. The number of hydrogen-bond donors (Lipinski definition) is 2. The van der Waals surface area contributed by atoms with Gasteiger partial charge in [0.2, 0.25) is 0 Å². The molecule has 2 unspecified atom stereocenters. The second-order valence-electron chi connectivity index (χ2n) is 7.16. The minimum absolute atomic E-state index is 0.169. The van der Waals surface area contributed by atoms with Gasteiger partial charge in [-0.2, -0.15) is 8.78 Å². The molecular weight excluding hydrogens is 428 g/mol. The average Bonchev–Trinajstić information content (AvgIpc) is 3.23. The number of halogens is 2. The molecule has 1 aliphatic heterocycles. The molecule has 0 aliphatic carbocycles. The van der Waals surface area contributed by atoms with Crippen molar-refractivity contribution in [2.45, 2.75) is 37.3 Å². The first kappa shape index (κ1) is 22.9. The topological polar surface area (TPSA) is 87.1 Å². The Labute approximate surface area is 182 Å². The highest BCUT2D eigenvalue weighted by Crippen LogP contribution is 2.32. The third-order valence-electron chi connectivity index (χ3n) is 5.01. The molecule has 0 spiro atoms. The summed E-state index contributed by atoms with van der Waals surface area (Å²) < 4.78 is 34.0. The number of aryl methyl sites for hydroxylation is 1. The summed E-state index contributed by atoms with van der Waals surface area (Å²) in [6.07, 6.45) is 1.44. The van der Waals surface area contributed by atoms with Crippen LogP contribution in [-0.2, 0) is 17.1 Å². The van der Waals surface area contributed by atoms with Crippen molar-refractivity contribution in [2.75, 3.05) is 13.2 Å². The molecule has 1 amide bonds. The van der Waals surface area contributed by atoms with Crippen molar-refractivity contribution in [1.29, 1.82) is 0 Å². The number of aliphatic hydroxyl groups is 1. The lowest BCUT2D eigenvalue weighted by molar-refractivity contribution is -0.0930. The normalized spacial score (nSPS) is 18.2. The quantitative estimate of drug-likeness (QED) is 0.555. The van der Waals surface area contributed by atoms with Crippen molar-refractivity contribution in [3.05, 3.63) is 69.9 Å². The minimum Gasteiger partial charge on any atom is -0.477 e. The van der Waals surface area contributed by atoms with Gasteiger partial charge < -0.3 is 19.8 Å². The zero-order valence-corrected chi connectivity index (χ0v) is 17.4. The number of carbonyl (C=O) groups excluding carboxylic acids is 1. The van der Waals surface area contributed by atoms with Crippen LogP contribution < -0.4 is 0 Å². The number of rotatable bonds is 9. The Bertz CT molecular complexity index is 931. The number of carboxylic acids is 1. The van der Waals surface area contributed by atoms with Crippen LogP contribution in [0.25, 0.3) is 0 Å². The molecule has 2 aromatic rings. The predicted molar refractivity (Wildman–Crippen MR) is 112 cm³/mol. The van der Waals surface area contributed by atoms with Crippen molar-refractivity contribution in [3.63, 3.8) is 0 Å². The van der Waals surface area contributed by atoms with E-state index in [0.29, 0.717) is 25.8 Å². The van der Waals surface area contributed by atoms with E-state index in [2.05, 4.69) is 0 Å². The van der Waals surface area contributed by atoms with E-state index >= 15 is 0 Å². The largest absolute Gasteiger partial charge is 0.477 e. The molecule has 1 saturated heterocycles.